The van der Waals surface area contributed by atoms with Gasteiger partial charge in [-0.1, -0.05) is 36.4 Å². The van der Waals surface area contributed by atoms with Crippen LogP contribution in [0.4, 0.5) is 5.13 Å². The number of rotatable bonds is 5. The second-order valence-electron chi connectivity index (χ2n) is 6.82. The van der Waals surface area contributed by atoms with Crippen molar-refractivity contribution >= 4 is 39.4 Å². The molecule has 0 bridgehead atoms. The van der Waals surface area contributed by atoms with E-state index < -0.39 is 5.91 Å². The van der Waals surface area contributed by atoms with Crippen molar-refractivity contribution in [2.45, 2.75) is 0 Å². The van der Waals surface area contributed by atoms with Crippen LogP contribution < -0.4 is 5.32 Å². The van der Waals surface area contributed by atoms with Gasteiger partial charge in [0.15, 0.2) is 10.9 Å². The van der Waals surface area contributed by atoms with E-state index in [4.69, 9.17) is 9.52 Å². The maximum atomic E-state index is 12.6. The Morgan fingerprint density at radius 3 is 2.72 bits per heavy atom. The fourth-order valence-corrected chi connectivity index (χ4v) is 3.77. The quantitative estimate of drug-likeness (QED) is 0.298. The largest absolute Gasteiger partial charge is 0.454 e. The van der Waals surface area contributed by atoms with E-state index >= 15 is 0 Å². The van der Waals surface area contributed by atoms with Gasteiger partial charge in [-0.15, -0.1) is 11.3 Å². The molecule has 0 aliphatic rings. The number of nitriles is 1. The van der Waals surface area contributed by atoms with Crippen LogP contribution in [0.3, 0.4) is 0 Å². The highest BCUT2D eigenvalue weighted by molar-refractivity contribution is 7.13. The third-order valence-corrected chi connectivity index (χ3v) is 5.43. The standard InChI is InChI=1S/C24H15N5O2S/c25-14-17(23(30)27-24-26-10-11-32-24)12-18-15-29(19-7-2-1-3-8-19)28-22(18)21-13-16-6-4-5-9-20(16)31-21/h1-13,15H,(H,26,27,30)/b17-12+. The number of carbonyl (C=O) groups is 1. The van der Waals surface area contributed by atoms with Crippen LogP contribution in [0.25, 0.3) is 34.2 Å². The van der Waals surface area contributed by atoms with Crippen molar-refractivity contribution in [1.82, 2.24) is 14.8 Å². The van der Waals surface area contributed by atoms with E-state index in [0.717, 1.165) is 16.7 Å². The number of nitrogens with one attached hydrogen (secondary N) is 1. The summed E-state index contributed by atoms with van der Waals surface area (Å²) in [5, 5.41) is 20.1. The molecule has 154 valence electrons. The van der Waals surface area contributed by atoms with E-state index in [9.17, 15) is 10.1 Å². The van der Waals surface area contributed by atoms with Crippen LogP contribution in [-0.2, 0) is 4.79 Å². The summed E-state index contributed by atoms with van der Waals surface area (Å²) in [6, 6.07) is 21.1. The smallest absolute Gasteiger partial charge is 0.268 e. The van der Waals surface area contributed by atoms with Crippen molar-refractivity contribution in [3.63, 3.8) is 0 Å². The summed E-state index contributed by atoms with van der Waals surface area (Å²) in [4.78, 5) is 16.7. The van der Waals surface area contributed by atoms with E-state index in [0.29, 0.717) is 22.1 Å². The van der Waals surface area contributed by atoms with Gasteiger partial charge in [-0.25, -0.2) is 9.67 Å². The average Bonchev–Trinajstić information content (AvgIpc) is 3.57. The predicted octanol–water partition coefficient (Wildman–Crippen LogP) is 5.29. The number of nitrogens with zero attached hydrogens (tertiary/aromatic N) is 4. The van der Waals surface area contributed by atoms with Crippen molar-refractivity contribution in [2.75, 3.05) is 5.32 Å². The lowest BCUT2D eigenvalue weighted by Crippen LogP contribution is -2.13. The molecular weight excluding hydrogens is 422 g/mol. The van der Waals surface area contributed by atoms with E-state index in [1.54, 1.807) is 22.5 Å². The number of furan rings is 1. The minimum absolute atomic E-state index is 0.0647. The monoisotopic (exact) mass is 437 g/mol. The Balaban J connectivity index is 1.61. The summed E-state index contributed by atoms with van der Waals surface area (Å²) in [5.41, 5.74) is 2.62. The Morgan fingerprint density at radius 2 is 1.97 bits per heavy atom. The first-order valence-corrected chi connectivity index (χ1v) is 10.6. The Hall–Kier alpha value is -4.48. The van der Waals surface area contributed by atoms with Crippen LogP contribution in [0.5, 0.6) is 0 Å². The van der Waals surface area contributed by atoms with E-state index in [-0.39, 0.29) is 5.57 Å². The zero-order valence-corrected chi connectivity index (χ0v) is 17.4. The van der Waals surface area contributed by atoms with Crippen LogP contribution in [-0.4, -0.2) is 20.7 Å². The third kappa shape index (κ3) is 3.80. The van der Waals surface area contributed by atoms with Crippen molar-refractivity contribution in [1.29, 1.82) is 5.26 Å². The number of amides is 1. The van der Waals surface area contributed by atoms with Crippen molar-refractivity contribution in [2.24, 2.45) is 0 Å². The molecule has 1 amide bonds. The predicted molar refractivity (Wildman–Crippen MR) is 123 cm³/mol. The van der Waals surface area contributed by atoms with Crippen LogP contribution in [0.1, 0.15) is 5.56 Å². The molecule has 32 heavy (non-hydrogen) atoms. The molecule has 0 spiro atoms. The number of hydrogen-bond acceptors (Lipinski definition) is 6. The molecule has 7 nitrogen and oxygen atoms in total. The highest BCUT2D eigenvalue weighted by atomic mass is 32.1. The summed E-state index contributed by atoms with van der Waals surface area (Å²) in [7, 11) is 0. The van der Waals surface area contributed by atoms with E-state index in [1.165, 1.54) is 17.4 Å². The van der Waals surface area contributed by atoms with Crippen LogP contribution in [0.15, 0.2) is 88.4 Å². The van der Waals surface area contributed by atoms with Crippen molar-refractivity contribution in [3.05, 3.63) is 89.6 Å². The summed E-state index contributed by atoms with van der Waals surface area (Å²) in [5.74, 6) is 0.00946. The second-order valence-corrected chi connectivity index (χ2v) is 7.72. The number of fused-ring (bicyclic) bond motifs is 1. The lowest BCUT2D eigenvalue weighted by atomic mass is 10.1. The number of thiazole rings is 1. The molecule has 2 aromatic carbocycles. The molecule has 5 rings (SSSR count). The second kappa shape index (κ2) is 8.34. The fraction of sp³-hybridized carbons (Fsp3) is 0. The Kier molecular flexibility index (Phi) is 5.07. The molecule has 1 N–H and O–H groups in total. The topological polar surface area (TPSA) is 96.7 Å². The highest BCUT2D eigenvalue weighted by Gasteiger charge is 2.18. The van der Waals surface area contributed by atoms with Crippen molar-refractivity contribution in [3.8, 4) is 23.2 Å². The molecule has 0 saturated heterocycles. The SMILES string of the molecule is N#C/C(=C\c1cn(-c2ccccc2)nc1-c1cc2ccccc2o1)C(=O)Nc1nccs1. The number of benzene rings is 2. The van der Waals surface area contributed by atoms with Gasteiger partial charge in [-0.3, -0.25) is 10.1 Å². The zero-order valence-electron chi connectivity index (χ0n) is 16.6. The molecule has 0 aliphatic heterocycles. The van der Waals surface area contributed by atoms with Gasteiger partial charge in [0.25, 0.3) is 5.91 Å². The highest BCUT2D eigenvalue weighted by Crippen LogP contribution is 2.31. The average molecular weight is 437 g/mol. The van der Waals surface area contributed by atoms with Crippen LogP contribution in [0.2, 0.25) is 0 Å². The summed E-state index contributed by atoms with van der Waals surface area (Å²) in [6.45, 7) is 0. The van der Waals surface area contributed by atoms with Crippen LogP contribution in [0, 0.1) is 11.3 Å². The number of para-hydroxylation sites is 2. The zero-order chi connectivity index (χ0) is 21.9. The van der Waals surface area contributed by atoms with Gasteiger partial charge < -0.3 is 4.42 Å². The summed E-state index contributed by atoms with van der Waals surface area (Å²) < 4.78 is 7.70. The molecule has 0 atom stereocenters. The molecule has 0 fully saturated rings. The van der Waals surface area contributed by atoms with Gasteiger partial charge in [0.05, 0.1) is 5.69 Å². The minimum Gasteiger partial charge on any atom is -0.454 e. The molecule has 0 aliphatic carbocycles. The number of carbonyl (C=O) groups excluding carboxylic acids is 1. The fourth-order valence-electron chi connectivity index (χ4n) is 3.25. The lowest BCUT2D eigenvalue weighted by Gasteiger charge is -2.00. The molecular formula is C24H15N5O2S. The summed E-state index contributed by atoms with van der Waals surface area (Å²) >= 11 is 1.28. The molecule has 8 heteroatoms. The minimum atomic E-state index is -0.537. The first-order chi connectivity index (χ1) is 15.7. The number of hydrogen-bond donors (Lipinski definition) is 1. The van der Waals surface area contributed by atoms with Gasteiger partial charge >= 0.3 is 0 Å². The van der Waals surface area contributed by atoms with Crippen LogP contribution >= 0.6 is 11.3 Å². The maximum absolute atomic E-state index is 12.6. The Morgan fingerprint density at radius 1 is 1.16 bits per heavy atom. The van der Waals surface area contributed by atoms with Gasteiger partial charge in [-0.2, -0.15) is 10.4 Å². The van der Waals surface area contributed by atoms with E-state index in [2.05, 4.69) is 10.3 Å². The molecule has 0 unspecified atom stereocenters. The summed E-state index contributed by atoms with van der Waals surface area (Å²) in [6.07, 6.45) is 4.86. The van der Waals surface area contributed by atoms with Gasteiger partial charge in [0, 0.05) is 28.7 Å². The number of anilines is 1. The lowest BCUT2D eigenvalue weighted by molar-refractivity contribution is -0.112. The Labute approximate surface area is 186 Å². The normalized spacial score (nSPS) is 11.4. The van der Waals surface area contributed by atoms with E-state index in [1.807, 2.05) is 66.7 Å². The maximum Gasteiger partial charge on any atom is 0.268 e. The van der Waals surface area contributed by atoms with Crippen molar-refractivity contribution < 1.29 is 9.21 Å². The molecule has 5 aromatic rings. The third-order valence-electron chi connectivity index (χ3n) is 4.74. The molecule has 3 aromatic heterocycles. The number of aromatic nitrogens is 3. The Bertz CT molecular complexity index is 1440. The molecule has 3 heterocycles. The van der Waals surface area contributed by atoms with Gasteiger partial charge in [0.1, 0.15) is 22.9 Å². The van der Waals surface area contributed by atoms with Gasteiger partial charge in [0.2, 0.25) is 0 Å². The first-order valence-electron chi connectivity index (χ1n) is 9.68. The molecule has 0 saturated carbocycles. The first kappa shape index (κ1) is 19.5. The molecule has 0 radical (unpaired) electrons. The van der Waals surface area contributed by atoms with Gasteiger partial charge in [-0.05, 0) is 30.3 Å².